The molecule has 0 radical (unpaired) electrons. The Balaban J connectivity index is 2.95. The van der Waals surface area contributed by atoms with Crippen LogP contribution in [0.5, 0.6) is 0 Å². The minimum atomic E-state index is -0.553. The maximum atomic E-state index is 9.06. The number of hydrogen-bond acceptors (Lipinski definition) is 3. The van der Waals surface area contributed by atoms with Gasteiger partial charge in [-0.1, -0.05) is 6.92 Å². The van der Waals surface area contributed by atoms with Crippen molar-refractivity contribution in [3.63, 3.8) is 0 Å². The van der Waals surface area contributed by atoms with Crippen LogP contribution in [0.3, 0.4) is 0 Å². The van der Waals surface area contributed by atoms with E-state index in [2.05, 4.69) is 4.98 Å². The minimum Gasteiger partial charge on any atom is -0.395 e. The number of pyridine rings is 1. The van der Waals surface area contributed by atoms with Crippen LogP contribution in [-0.4, -0.2) is 28.4 Å². The fraction of sp³-hybridized carbons (Fsp3) is 0.444. The first kappa shape index (κ1) is 9.16. The summed E-state index contributed by atoms with van der Waals surface area (Å²) < 4.78 is 0. The molecule has 0 fully saturated rings. The maximum Gasteiger partial charge on any atom is 0.0547 e. The highest BCUT2D eigenvalue weighted by Crippen LogP contribution is 2.21. The zero-order valence-electron chi connectivity index (χ0n) is 7.07. The molecule has 12 heavy (non-hydrogen) atoms. The molecule has 3 heteroatoms. The number of aromatic nitrogens is 1. The van der Waals surface area contributed by atoms with E-state index in [1.54, 1.807) is 24.5 Å². The first-order chi connectivity index (χ1) is 5.73. The van der Waals surface area contributed by atoms with Crippen molar-refractivity contribution in [2.45, 2.75) is 12.3 Å². The lowest BCUT2D eigenvalue weighted by Crippen LogP contribution is -2.30. The monoisotopic (exact) mass is 167 g/mol. The predicted molar refractivity (Wildman–Crippen MR) is 45.8 cm³/mol. The molecule has 0 spiro atoms. The molecule has 0 aliphatic heterocycles. The third-order valence-corrected chi connectivity index (χ3v) is 2.08. The second-order valence-electron chi connectivity index (χ2n) is 3.11. The highest BCUT2D eigenvalue weighted by atomic mass is 16.3. The fourth-order valence-electron chi connectivity index (χ4n) is 0.987. The van der Waals surface area contributed by atoms with Crippen molar-refractivity contribution in [1.82, 2.24) is 4.98 Å². The lowest BCUT2D eigenvalue weighted by Gasteiger charge is -2.24. The summed E-state index contributed by atoms with van der Waals surface area (Å²) in [5.74, 6) is 0. The van der Waals surface area contributed by atoms with Crippen LogP contribution in [0.25, 0.3) is 0 Å². The number of hydrogen-bond donors (Lipinski definition) is 2. The molecule has 0 atom stereocenters. The number of aliphatic hydroxyl groups is 2. The molecule has 0 aliphatic rings. The van der Waals surface area contributed by atoms with Crippen LogP contribution in [0.1, 0.15) is 12.5 Å². The van der Waals surface area contributed by atoms with E-state index in [0.717, 1.165) is 5.56 Å². The Morgan fingerprint density at radius 3 is 2.17 bits per heavy atom. The Hall–Kier alpha value is -0.930. The number of rotatable bonds is 3. The van der Waals surface area contributed by atoms with Gasteiger partial charge in [0.15, 0.2) is 0 Å². The molecular weight excluding hydrogens is 154 g/mol. The molecule has 0 saturated carbocycles. The zero-order chi connectivity index (χ0) is 9.03. The van der Waals surface area contributed by atoms with Crippen LogP contribution in [0.15, 0.2) is 24.5 Å². The molecule has 1 heterocycles. The normalized spacial score (nSPS) is 11.6. The topological polar surface area (TPSA) is 53.4 Å². The SMILES string of the molecule is CC(CO)(CO)c1ccncc1. The summed E-state index contributed by atoms with van der Waals surface area (Å²) in [4.78, 5) is 3.86. The van der Waals surface area contributed by atoms with Gasteiger partial charge >= 0.3 is 0 Å². The van der Waals surface area contributed by atoms with Crippen molar-refractivity contribution in [2.24, 2.45) is 0 Å². The van der Waals surface area contributed by atoms with E-state index < -0.39 is 5.41 Å². The lowest BCUT2D eigenvalue weighted by molar-refractivity contribution is 0.129. The van der Waals surface area contributed by atoms with Crippen LogP contribution in [0.2, 0.25) is 0 Å². The van der Waals surface area contributed by atoms with Crippen molar-refractivity contribution in [3.05, 3.63) is 30.1 Å². The van der Waals surface area contributed by atoms with Gasteiger partial charge in [0.25, 0.3) is 0 Å². The van der Waals surface area contributed by atoms with Gasteiger partial charge in [0.05, 0.1) is 13.2 Å². The third kappa shape index (κ3) is 1.62. The molecule has 3 nitrogen and oxygen atoms in total. The van der Waals surface area contributed by atoms with E-state index in [1.807, 2.05) is 6.92 Å². The first-order valence-electron chi connectivity index (χ1n) is 3.85. The molecule has 1 aromatic heterocycles. The van der Waals surface area contributed by atoms with Gasteiger partial charge < -0.3 is 10.2 Å². The van der Waals surface area contributed by atoms with E-state index in [4.69, 9.17) is 10.2 Å². The molecule has 1 aromatic rings. The molecule has 0 bridgehead atoms. The van der Waals surface area contributed by atoms with Crippen LogP contribution >= 0.6 is 0 Å². The quantitative estimate of drug-likeness (QED) is 0.681. The van der Waals surface area contributed by atoms with Crippen LogP contribution in [-0.2, 0) is 5.41 Å². The summed E-state index contributed by atoms with van der Waals surface area (Å²) in [6.07, 6.45) is 3.30. The second kappa shape index (κ2) is 3.65. The average molecular weight is 167 g/mol. The Morgan fingerprint density at radius 1 is 1.25 bits per heavy atom. The van der Waals surface area contributed by atoms with Gasteiger partial charge in [-0.3, -0.25) is 4.98 Å². The lowest BCUT2D eigenvalue weighted by atomic mass is 9.85. The van der Waals surface area contributed by atoms with E-state index in [0.29, 0.717) is 0 Å². The van der Waals surface area contributed by atoms with Crippen molar-refractivity contribution in [1.29, 1.82) is 0 Å². The Labute approximate surface area is 71.7 Å². The molecule has 2 N–H and O–H groups in total. The molecular formula is C9H13NO2. The summed E-state index contributed by atoms with van der Waals surface area (Å²) in [7, 11) is 0. The second-order valence-corrected chi connectivity index (χ2v) is 3.11. The standard InChI is InChI=1S/C9H13NO2/c1-9(6-11,7-12)8-2-4-10-5-3-8/h2-5,11-12H,6-7H2,1H3. The highest BCUT2D eigenvalue weighted by Gasteiger charge is 2.24. The first-order valence-corrected chi connectivity index (χ1v) is 3.85. The molecule has 0 amide bonds. The van der Waals surface area contributed by atoms with Crippen molar-refractivity contribution in [3.8, 4) is 0 Å². The molecule has 0 unspecified atom stereocenters. The van der Waals surface area contributed by atoms with Gasteiger partial charge in [-0.2, -0.15) is 0 Å². The van der Waals surface area contributed by atoms with Gasteiger partial charge in [0.1, 0.15) is 0 Å². The summed E-state index contributed by atoms with van der Waals surface area (Å²) in [6.45, 7) is 1.68. The summed E-state index contributed by atoms with van der Waals surface area (Å²) in [5.41, 5.74) is 0.352. The van der Waals surface area contributed by atoms with E-state index in [-0.39, 0.29) is 13.2 Å². The minimum absolute atomic E-state index is 0.0620. The fourth-order valence-corrected chi connectivity index (χ4v) is 0.987. The predicted octanol–water partition coefficient (Wildman–Crippen LogP) is 0.324. The van der Waals surface area contributed by atoms with E-state index >= 15 is 0 Å². The Bertz CT molecular complexity index is 232. The van der Waals surface area contributed by atoms with Gasteiger partial charge in [0, 0.05) is 17.8 Å². The highest BCUT2D eigenvalue weighted by molar-refractivity contribution is 5.21. The van der Waals surface area contributed by atoms with Gasteiger partial charge in [-0.05, 0) is 17.7 Å². The van der Waals surface area contributed by atoms with Crippen LogP contribution in [0.4, 0.5) is 0 Å². The molecule has 0 aromatic carbocycles. The van der Waals surface area contributed by atoms with Gasteiger partial charge in [-0.15, -0.1) is 0 Å². The summed E-state index contributed by atoms with van der Waals surface area (Å²) >= 11 is 0. The Kier molecular flexibility index (Phi) is 2.78. The van der Waals surface area contributed by atoms with E-state index in [1.165, 1.54) is 0 Å². The van der Waals surface area contributed by atoms with Crippen molar-refractivity contribution >= 4 is 0 Å². The molecule has 66 valence electrons. The van der Waals surface area contributed by atoms with E-state index in [9.17, 15) is 0 Å². The van der Waals surface area contributed by atoms with Crippen LogP contribution in [0, 0.1) is 0 Å². The van der Waals surface area contributed by atoms with Gasteiger partial charge in [0.2, 0.25) is 0 Å². The molecule has 1 rings (SSSR count). The average Bonchev–Trinajstić information content (AvgIpc) is 2.18. The Morgan fingerprint density at radius 2 is 1.75 bits per heavy atom. The third-order valence-electron chi connectivity index (χ3n) is 2.08. The van der Waals surface area contributed by atoms with Crippen molar-refractivity contribution < 1.29 is 10.2 Å². The van der Waals surface area contributed by atoms with Gasteiger partial charge in [-0.25, -0.2) is 0 Å². The largest absolute Gasteiger partial charge is 0.395 e. The number of aliphatic hydroxyl groups excluding tert-OH is 2. The smallest absolute Gasteiger partial charge is 0.0547 e. The number of nitrogens with zero attached hydrogens (tertiary/aromatic N) is 1. The summed E-state index contributed by atoms with van der Waals surface area (Å²) in [5, 5.41) is 18.1. The summed E-state index contributed by atoms with van der Waals surface area (Å²) in [6, 6.07) is 3.60. The van der Waals surface area contributed by atoms with Crippen LogP contribution < -0.4 is 0 Å². The molecule has 0 saturated heterocycles. The molecule has 0 aliphatic carbocycles. The van der Waals surface area contributed by atoms with Crippen molar-refractivity contribution in [2.75, 3.05) is 13.2 Å². The zero-order valence-corrected chi connectivity index (χ0v) is 7.07. The maximum absolute atomic E-state index is 9.06.